The Labute approximate surface area is 784 Å². The van der Waals surface area contributed by atoms with Gasteiger partial charge < -0.3 is 10.2 Å². The van der Waals surface area contributed by atoms with Gasteiger partial charge in [-0.2, -0.15) is 66.1 Å². The molecule has 2 N–H and O–H groups in total. The molecule has 3 atom stereocenters. The van der Waals surface area contributed by atoms with Gasteiger partial charge in [-0.3, -0.25) is 4.79 Å². The van der Waals surface area contributed by atoms with Crippen LogP contribution in [-0.2, 0) is 25.2 Å². The van der Waals surface area contributed by atoms with E-state index in [1.807, 2.05) is 129 Å². The van der Waals surface area contributed by atoms with Gasteiger partial charge in [0, 0.05) is 31.2 Å². The number of hydrogen-bond acceptors (Lipinski definition) is 6. The van der Waals surface area contributed by atoms with Gasteiger partial charge in [0.2, 0.25) is 0 Å². The summed E-state index contributed by atoms with van der Waals surface area (Å²) in [6.45, 7) is 23.1. The van der Waals surface area contributed by atoms with Gasteiger partial charge in [-0.25, -0.2) is 9.97 Å². The van der Waals surface area contributed by atoms with E-state index in [2.05, 4.69) is 351 Å². The standard InChI is InChI=1S/C18H15P.C13H13NO2.4C12H10.C11H10BrNO.C6H5.C4H7O.3C4H9.3H3P.Pd.Sn/c1-4-10-16(11-5-1)19(17-12-6-2-7-13-17)18-14-8-3-9-15-18;1-7-4-5-11-10(6-7)12(9(3)15)13(16)8(2)14-11;4*1-3-7-11(8-4-1)12-9-5-2-6-10-12;1-6-3-4-9-8(5-6)10(12)11(14)7(2)13-9;1-2-4-6-5-3-1;1-3-5-4-2;3*1-3-4-2;;;;;/h1-15H;4-6,16H,1-3H3;4*1-10H;3-5,14H,1-2H3;1-5H;1,4H2,2H3;3*1,3-4H2,2H3;3*1H3;;/q;;;;;;;-1;;;;;;;;;. The Bertz CT molecular complexity index is 4970. The first-order valence-electron chi connectivity index (χ1n) is 42.0. The van der Waals surface area contributed by atoms with Crippen LogP contribution in [0.4, 0.5) is 0 Å². The van der Waals surface area contributed by atoms with Crippen LogP contribution < -0.4 is 15.9 Å². The van der Waals surface area contributed by atoms with Crippen molar-refractivity contribution in [2.24, 2.45) is 0 Å². The summed E-state index contributed by atoms with van der Waals surface area (Å²) in [7, 11) is -0.446. The molecule has 650 valence electrons. The van der Waals surface area contributed by atoms with Gasteiger partial charge in [0.1, 0.15) is 5.75 Å². The molecule has 0 spiro atoms. The molecule has 0 fully saturated rings. The monoisotopic (exact) mass is 1990 g/mol. The molecule has 125 heavy (non-hydrogen) atoms. The molecule has 0 bridgehead atoms. The molecule has 13 heteroatoms. The maximum absolute atomic E-state index is 11.6. The van der Waals surface area contributed by atoms with Gasteiger partial charge in [0.15, 0.2) is 11.5 Å². The minimum atomic E-state index is -2.24. The number of carbonyl (C=O) groups is 1. The molecule has 2 aromatic heterocycles. The predicted molar refractivity (Wildman–Crippen MR) is 560 cm³/mol. The molecule has 0 aliphatic rings. The molecule has 16 rings (SSSR count). The van der Waals surface area contributed by atoms with Crippen molar-refractivity contribution in [1.29, 1.82) is 0 Å². The molecule has 0 radical (unpaired) electrons. The van der Waals surface area contributed by atoms with E-state index in [0.29, 0.717) is 17.0 Å². The second kappa shape index (κ2) is 61.7. The summed E-state index contributed by atoms with van der Waals surface area (Å²) < 4.78 is 12.3. The molecule has 14 aromatic carbocycles. The molecule has 6 nitrogen and oxygen atoms in total. The Kier molecular flexibility index (Phi) is 53.2. The Morgan fingerprint density at radius 1 is 0.376 bits per heavy atom. The van der Waals surface area contributed by atoms with Crippen LogP contribution in [0, 0.1) is 33.8 Å². The largest absolute Gasteiger partial charge is 0.505 e. The maximum atomic E-state index is 11.6. The summed E-state index contributed by atoms with van der Waals surface area (Å²) in [4.78, 5) is 20.1. The van der Waals surface area contributed by atoms with Crippen molar-refractivity contribution in [1.82, 2.24) is 9.97 Å². The van der Waals surface area contributed by atoms with Crippen molar-refractivity contribution in [3.8, 4) is 56.0 Å². The first-order valence-corrected chi connectivity index (χ1v) is 51.7. The van der Waals surface area contributed by atoms with E-state index in [1.165, 1.54) is 123 Å². The number of hydrogen-bond donors (Lipinski definition) is 2. The average Bonchev–Trinajstić information content (AvgIpc) is 0.786. The molecule has 0 saturated carbocycles. The van der Waals surface area contributed by atoms with Crippen molar-refractivity contribution in [3.05, 3.63) is 449 Å². The zero-order valence-electron chi connectivity index (χ0n) is 74.3. The number of aromatic nitrogens is 2. The first-order chi connectivity index (χ1) is 59.1. The van der Waals surface area contributed by atoms with Gasteiger partial charge in [-0.1, -0.05) is 357 Å². The minimum absolute atomic E-state index is 0. The summed E-state index contributed by atoms with van der Waals surface area (Å²) in [5, 5.41) is 25.4. The number of carbonyl (C=O) groups excluding carboxylic acids is 1. The predicted octanol–water partition coefficient (Wildman–Crippen LogP) is 30.5. The fourth-order valence-corrected chi connectivity index (χ4v) is 31.1. The third kappa shape index (κ3) is 36.7. The molecule has 16 aromatic rings. The number of ketones is 1. The number of unbranched alkanes of at least 4 members (excludes halogenated alkanes) is 3. The van der Waals surface area contributed by atoms with E-state index in [4.69, 9.17) is 4.74 Å². The van der Waals surface area contributed by atoms with Crippen molar-refractivity contribution >= 4 is 115 Å². The van der Waals surface area contributed by atoms with Crippen LogP contribution >= 0.6 is 53.5 Å². The number of aryl methyl sites for hydroxylation is 4. The number of Topliss-reactive ketones (excluding diaryl/α,β-unsaturated/α-hetero) is 1. The van der Waals surface area contributed by atoms with Gasteiger partial charge in [-0.15, -0.1) is 0 Å². The van der Waals surface area contributed by atoms with Gasteiger partial charge in [0.25, 0.3) is 0 Å². The van der Waals surface area contributed by atoms with Gasteiger partial charge in [-0.05, 0) is 143 Å². The molecular weight excluding hydrogens is 1870 g/mol. The number of pyridine rings is 2. The summed E-state index contributed by atoms with van der Waals surface area (Å²) in [6, 6.07) is 140. The number of benzene rings is 14. The number of nitrogens with zero attached hydrogens (tertiary/aromatic N) is 2. The van der Waals surface area contributed by atoms with Crippen molar-refractivity contribution < 1.29 is 40.2 Å². The fourth-order valence-electron chi connectivity index (χ4n) is 13.5. The van der Waals surface area contributed by atoms with Crippen molar-refractivity contribution in [3.63, 3.8) is 0 Å². The van der Waals surface area contributed by atoms with E-state index < -0.39 is 26.3 Å². The first kappa shape index (κ1) is 108. The van der Waals surface area contributed by atoms with Gasteiger partial charge in [0.05, 0.1) is 32.5 Å². The molecule has 0 aliphatic carbocycles. The average molecular weight is 1990 g/mol. The van der Waals surface area contributed by atoms with E-state index in [9.17, 15) is 15.0 Å². The molecule has 0 saturated heterocycles. The van der Waals surface area contributed by atoms with Crippen LogP contribution in [0.3, 0.4) is 0 Å². The Balaban J connectivity index is 0.000000297. The fraction of sp³-hybridized carbons (Fsp3) is 0.170. The van der Waals surface area contributed by atoms with Crippen LogP contribution in [0.1, 0.15) is 106 Å². The molecule has 0 aliphatic heterocycles. The third-order valence-corrected chi connectivity index (χ3v) is 38.2. The molecule has 2 heterocycles. The smallest absolute Gasteiger partial charge is 0.164 e. The summed E-state index contributed by atoms with van der Waals surface area (Å²) in [5.41, 5.74) is 15.5. The maximum Gasteiger partial charge on any atom is 0.164 e. The number of aromatic hydroxyl groups is 2. The van der Waals surface area contributed by atoms with E-state index in [0.717, 1.165) is 44.0 Å². The number of ether oxygens (including phenoxy) is 1. The Hall–Kier alpha value is -9.63. The van der Waals surface area contributed by atoms with Crippen LogP contribution in [0.15, 0.2) is 415 Å². The van der Waals surface area contributed by atoms with Crippen molar-refractivity contribution in [2.75, 3.05) is 6.61 Å². The minimum Gasteiger partial charge on any atom is -0.505 e. The number of fused-ring (bicyclic) bond motifs is 2. The van der Waals surface area contributed by atoms with E-state index >= 15 is 0 Å². The second-order valence-electron chi connectivity index (χ2n) is 29.2. The third-order valence-electron chi connectivity index (χ3n) is 20.0. The molecule has 0 amide bonds. The topological polar surface area (TPSA) is 92.5 Å². The van der Waals surface area contributed by atoms with Gasteiger partial charge >= 0.3 is 120 Å². The summed E-state index contributed by atoms with van der Waals surface area (Å²) in [6.07, 6.45) is 8.10. The Morgan fingerprint density at radius 2 is 0.624 bits per heavy atom. The summed E-state index contributed by atoms with van der Waals surface area (Å²) >= 11 is 1.13. The summed E-state index contributed by atoms with van der Waals surface area (Å²) in [5.74, 6) is 0.0762. The molecular formula is C112H126BrN2O4P4PdSn-. The number of halogens is 1. The van der Waals surface area contributed by atoms with E-state index in [-0.39, 0.29) is 67.4 Å². The van der Waals surface area contributed by atoms with Crippen molar-refractivity contribution in [2.45, 2.75) is 114 Å². The van der Waals surface area contributed by atoms with E-state index in [1.54, 1.807) is 13.8 Å². The Morgan fingerprint density at radius 3 is 0.864 bits per heavy atom. The normalized spacial score (nSPS) is 9.94. The zero-order valence-corrected chi connectivity index (χ0v) is 85.4. The quantitative estimate of drug-likeness (QED) is 0.0260. The van der Waals surface area contributed by atoms with Crippen LogP contribution in [0.5, 0.6) is 11.5 Å². The van der Waals surface area contributed by atoms with Crippen LogP contribution in [0.25, 0.3) is 66.3 Å². The van der Waals surface area contributed by atoms with Crippen LogP contribution in [-0.4, -0.2) is 50.9 Å². The zero-order chi connectivity index (χ0) is 86.1. The molecule has 3 unspecified atom stereocenters. The van der Waals surface area contributed by atoms with Crippen LogP contribution in [0.2, 0.25) is 13.3 Å². The second-order valence-corrected chi connectivity index (χ2v) is 45.4. The number of rotatable bonds is 20. The SMILES string of the molecule is C=[C](OCC)[Sn]([CH2]CCC)([CH2]CCC)[CH2]CCC.CC(=O)c1c(O)c(C)nc2ccc(C)cc12.Cc1ccc2nc(C)c(O)c(Br)c2c1.P.P.P.[Pd].[c-]1ccccc1.c1ccc(-c2ccccc2)cc1.c1ccc(-c2ccccc2)cc1.c1ccc(-c2ccccc2)cc1.c1ccc(-c2ccccc2)cc1.c1ccc(P(c2ccccc2)c2ccccc2)cc1.